The van der Waals surface area contributed by atoms with Gasteiger partial charge in [0.15, 0.2) is 0 Å². The lowest BCUT2D eigenvalue weighted by Crippen LogP contribution is -2.23. The molecule has 1 atom stereocenters. The number of hydrogen-bond donors (Lipinski definition) is 1. The highest BCUT2D eigenvalue weighted by molar-refractivity contribution is 8.00. The molecule has 1 aliphatic heterocycles. The van der Waals surface area contributed by atoms with Crippen LogP contribution in [0.3, 0.4) is 0 Å². The Morgan fingerprint density at radius 2 is 1.72 bits per heavy atom. The number of carbonyl (C=O) groups excluding carboxylic acids is 1. The highest BCUT2D eigenvalue weighted by Crippen LogP contribution is 2.47. The number of benzene rings is 2. The maximum atomic E-state index is 13.0. The Kier molecular flexibility index (Phi) is 7.23. The molecular weight excluding hydrogens is 405 g/mol. The third-order valence-electron chi connectivity index (χ3n) is 4.98. The molecule has 1 heterocycles. The van der Waals surface area contributed by atoms with Crippen molar-refractivity contribution in [2.45, 2.75) is 39.4 Å². The Morgan fingerprint density at radius 3 is 2.34 bits per heavy atom. The molecule has 1 N–H and O–H groups in total. The molecule has 5 nitrogen and oxygen atoms in total. The van der Waals surface area contributed by atoms with Crippen molar-refractivity contribution in [3.63, 3.8) is 0 Å². The van der Waals surface area contributed by atoms with E-state index in [4.69, 9.17) is 9.05 Å². The predicted octanol–water partition coefficient (Wildman–Crippen LogP) is 5.16. The fourth-order valence-electron chi connectivity index (χ4n) is 3.41. The summed E-state index contributed by atoms with van der Waals surface area (Å²) in [5.74, 6) is 0.892. The smallest absolute Gasteiger partial charge is 0.325 e. The third-order valence-corrected chi connectivity index (χ3v) is 8.35. The number of aryl methyl sites for hydroxylation is 3. The van der Waals surface area contributed by atoms with Gasteiger partial charge in [-0.05, 0) is 86.4 Å². The number of hydrogen-bond acceptors (Lipinski definition) is 5. The Labute approximate surface area is 177 Å². The Balaban J connectivity index is 1.77. The highest BCUT2D eigenvalue weighted by Gasteiger charge is 2.29. The van der Waals surface area contributed by atoms with Crippen molar-refractivity contribution >= 4 is 36.3 Å². The molecule has 0 radical (unpaired) electrons. The predicted molar refractivity (Wildman–Crippen MR) is 120 cm³/mol. The standard InChI is InChI=1S/C22H28NO4PS/c1-5-26-28(25,27-6-2)19-9-7-18(8-10-19)23-22(24)21-20-14-16(4)15(3)13-17(20)11-12-29-21/h7-10,13-14,21H,5-6,11-12H2,1-4H3,(H,23,24). The monoisotopic (exact) mass is 433 g/mol. The van der Waals surface area contributed by atoms with Crippen molar-refractivity contribution in [1.82, 2.24) is 0 Å². The first-order valence-corrected chi connectivity index (χ1v) is 12.5. The van der Waals surface area contributed by atoms with E-state index in [2.05, 4.69) is 31.3 Å². The van der Waals surface area contributed by atoms with E-state index in [1.165, 1.54) is 16.7 Å². The van der Waals surface area contributed by atoms with Gasteiger partial charge < -0.3 is 14.4 Å². The lowest BCUT2D eigenvalue weighted by molar-refractivity contribution is -0.115. The van der Waals surface area contributed by atoms with Crippen LogP contribution in [-0.2, 0) is 24.8 Å². The molecule has 1 amide bonds. The van der Waals surface area contributed by atoms with Crippen LogP contribution in [-0.4, -0.2) is 24.9 Å². The zero-order valence-electron chi connectivity index (χ0n) is 17.4. The van der Waals surface area contributed by atoms with E-state index in [-0.39, 0.29) is 11.2 Å². The number of carbonyl (C=O) groups is 1. The van der Waals surface area contributed by atoms with Crippen molar-refractivity contribution in [1.29, 1.82) is 0 Å². The van der Waals surface area contributed by atoms with E-state index in [0.29, 0.717) is 24.2 Å². The van der Waals surface area contributed by atoms with Gasteiger partial charge in [-0.25, -0.2) is 0 Å². The molecular formula is C22H28NO4PS. The molecule has 156 valence electrons. The first-order chi connectivity index (χ1) is 13.9. The summed E-state index contributed by atoms with van der Waals surface area (Å²) in [6, 6.07) is 11.2. The molecule has 2 aromatic carbocycles. The number of amides is 1. The van der Waals surface area contributed by atoms with Gasteiger partial charge in [0.1, 0.15) is 5.25 Å². The zero-order chi connectivity index (χ0) is 21.0. The quantitative estimate of drug-likeness (QED) is 0.611. The molecule has 0 spiro atoms. The lowest BCUT2D eigenvalue weighted by atomic mass is 9.95. The van der Waals surface area contributed by atoms with Gasteiger partial charge in [-0.1, -0.05) is 12.1 Å². The van der Waals surface area contributed by atoms with Crippen molar-refractivity contribution in [2.24, 2.45) is 0 Å². The van der Waals surface area contributed by atoms with E-state index >= 15 is 0 Å². The molecule has 0 fully saturated rings. The van der Waals surface area contributed by atoms with Crippen LogP contribution in [0.1, 0.15) is 41.4 Å². The Morgan fingerprint density at radius 1 is 1.10 bits per heavy atom. The number of nitrogens with one attached hydrogen (secondary N) is 1. The van der Waals surface area contributed by atoms with E-state index in [1.54, 1.807) is 49.9 Å². The molecule has 0 aliphatic carbocycles. The largest absolute Gasteiger partial charge is 0.361 e. The van der Waals surface area contributed by atoms with Gasteiger partial charge in [-0.2, -0.15) is 0 Å². The summed E-state index contributed by atoms with van der Waals surface area (Å²) >= 11 is 1.67. The summed E-state index contributed by atoms with van der Waals surface area (Å²) in [7, 11) is -3.32. The molecule has 0 saturated carbocycles. The molecule has 3 rings (SSSR count). The second-order valence-electron chi connectivity index (χ2n) is 7.01. The minimum Gasteiger partial charge on any atom is -0.325 e. The summed E-state index contributed by atoms with van der Waals surface area (Å²) in [4.78, 5) is 13.0. The lowest BCUT2D eigenvalue weighted by Gasteiger charge is -2.25. The van der Waals surface area contributed by atoms with Crippen molar-refractivity contribution < 1.29 is 18.4 Å². The molecule has 29 heavy (non-hydrogen) atoms. The third kappa shape index (κ3) is 4.95. The normalized spacial score (nSPS) is 16.3. The summed E-state index contributed by atoms with van der Waals surface area (Å²) in [5, 5.41) is 3.26. The first kappa shape index (κ1) is 22.1. The Hall–Kier alpha value is -1.59. The van der Waals surface area contributed by atoms with Crippen LogP contribution < -0.4 is 10.6 Å². The number of thioether (sulfide) groups is 1. The van der Waals surface area contributed by atoms with Crippen molar-refractivity contribution in [3.8, 4) is 0 Å². The van der Waals surface area contributed by atoms with Gasteiger partial charge in [0.25, 0.3) is 0 Å². The highest BCUT2D eigenvalue weighted by atomic mass is 32.2. The van der Waals surface area contributed by atoms with Crippen molar-refractivity contribution in [3.05, 3.63) is 58.7 Å². The van der Waals surface area contributed by atoms with E-state index in [1.807, 2.05) is 0 Å². The van der Waals surface area contributed by atoms with E-state index in [9.17, 15) is 9.36 Å². The van der Waals surface area contributed by atoms with Gasteiger partial charge in [-0.3, -0.25) is 9.36 Å². The topological polar surface area (TPSA) is 64.6 Å². The average molecular weight is 434 g/mol. The molecule has 0 bridgehead atoms. The summed E-state index contributed by atoms with van der Waals surface area (Å²) in [6.45, 7) is 8.35. The fraction of sp³-hybridized carbons (Fsp3) is 0.409. The van der Waals surface area contributed by atoms with Gasteiger partial charge in [0, 0.05) is 5.69 Å². The van der Waals surface area contributed by atoms with Crippen LogP contribution in [0, 0.1) is 13.8 Å². The summed E-state index contributed by atoms with van der Waals surface area (Å²) < 4.78 is 23.6. The van der Waals surface area contributed by atoms with Gasteiger partial charge >= 0.3 is 7.60 Å². The molecule has 0 saturated heterocycles. The van der Waals surface area contributed by atoms with Crippen LogP contribution in [0.25, 0.3) is 0 Å². The van der Waals surface area contributed by atoms with E-state index in [0.717, 1.165) is 17.7 Å². The van der Waals surface area contributed by atoms with Crippen LogP contribution in [0.2, 0.25) is 0 Å². The number of anilines is 1. The van der Waals surface area contributed by atoms with Gasteiger partial charge in [0.2, 0.25) is 5.91 Å². The molecule has 2 aromatic rings. The summed E-state index contributed by atoms with van der Waals surface area (Å²) in [6.07, 6.45) is 0.990. The molecule has 1 aliphatic rings. The minimum absolute atomic E-state index is 0.0373. The minimum atomic E-state index is -3.32. The summed E-state index contributed by atoms with van der Waals surface area (Å²) in [5.41, 5.74) is 5.50. The molecule has 1 unspecified atom stereocenters. The number of fused-ring (bicyclic) bond motifs is 1. The van der Waals surface area contributed by atoms with E-state index < -0.39 is 7.60 Å². The molecule has 7 heteroatoms. The maximum Gasteiger partial charge on any atom is 0.361 e. The van der Waals surface area contributed by atoms with Crippen LogP contribution in [0.15, 0.2) is 36.4 Å². The number of rotatable bonds is 7. The van der Waals surface area contributed by atoms with Crippen LogP contribution in [0.5, 0.6) is 0 Å². The fourth-order valence-corrected chi connectivity index (χ4v) is 6.16. The average Bonchev–Trinajstić information content (AvgIpc) is 2.69. The van der Waals surface area contributed by atoms with Crippen LogP contribution >= 0.6 is 19.4 Å². The maximum absolute atomic E-state index is 13.0. The first-order valence-electron chi connectivity index (χ1n) is 9.90. The van der Waals surface area contributed by atoms with Gasteiger partial charge in [0.05, 0.1) is 18.5 Å². The Bertz CT molecular complexity index is 919. The van der Waals surface area contributed by atoms with Gasteiger partial charge in [-0.15, -0.1) is 11.8 Å². The van der Waals surface area contributed by atoms with Crippen molar-refractivity contribution in [2.75, 3.05) is 24.3 Å². The van der Waals surface area contributed by atoms with Crippen LogP contribution in [0.4, 0.5) is 5.69 Å². The molecule has 0 aromatic heterocycles. The second-order valence-corrected chi connectivity index (χ2v) is 10.2. The second kappa shape index (κ2) is 9.48. The zero-order valence-corrected chi connectivity index (χ0v) is 19.1. The SMILES string of the molecule is CCOP(=O)(OCC)c1ccc(NC(=O)C2SCCc3cc(C)c(C)cc32)cc1.